The molecule has 212 valence electrons. The monoisotopic (exact) mass is 548 g/mol. The molecule has 1 aromatic heterocycles. The van der Waals surface area contributed by atoms with Crippen LogP contribution in [-0.2, 0) is 6.42 Å². The molecule has 2 unspecified atom stereocenters. The van der Waals surface area contributed by atoms with Crippen molar-refractivity contribution in [3.63, 3.8) is 0 Å². The van der Waals surface area contributed by atoms with E-state index in [-0.39, 0.29) is 6.04 Å². The summed E-state index contributed by atoms with van der Waals surface area (Å²) in [5.41, 5.74) is 13.0. The quantitative estimate of drug-likeness (QED) is 0.116. The van der Waals surface area contributed by atoms with E-state index in [1.165, 1.54) is 68.1 Å². The molecular weight excluding hydrogens is 500 g/mol. The van der Waals surface area contributed by atoms with Crippen LogP contribution < -0.4 is 16.4 Å². The normalized spacial score (nSPS) is 20.3. The molecule has 0 amide bonds. The van der Waals surface area contributed by atoms with E-state index in [1.807, 2.05) is 19.9 Å². The van der Waals surface area contributed by atoms with Crippen molar-refractivity contribution in [3.05, 3.63) is 66.3 Å². The minimum atomic E-state index is 0.228. The standard InChI is InChI=1S/C30H42N6S.C2H6/c1-4-23(16-17-37)35-30-33-19-32-29(36-30)25-14-13-24-26(28(25)31)18-20(2)12-15-27(24)34-21(3)22-10-8-6-5-7-9-11-22;1-2/h4,13-14,16,19-20,22,27,34,37H,1,3,5-12,15,17-18,31H2,2H3,(H,32,33,35,36);1-2H3/b23-16+;. The van der Waals surface area contributed by atoms with Crippen molar-refractivity contribution in [1.82, 2.24) is 20.3 Å². The molecule has 0 aliphatic heterocycles. The van der Waals surface area contributed by atoms with Gasteiger partial charge in [0.15, 0.2) is 5.82 Å². The Labute approximate surface area is 241 Å². The van der Waals surface area contributed by atoms with Gasteiger partial charge in [0, 0.05) is 28.4 Å². The Morgan fingerprint density at radius 1 is 1.08 bits per heavy atom. The van der Waals surface area contributed by atoms with Gasteiger partial charge in [0.1, 0.15) is 6.33 Å². The third-order valence-electron chi connectivity index (χ3n) is 7.83. The van der Waals surface area contributed by atoms with Crippen molar-refractivity contribution in [2.45, 2.75) is 91.0 Å². The minimum absolute atomic E-state index is 0.228. The van der Waals surface area contributed by atoms with Crippen molar-refractivity contribution in [3.8, 4) is 11.4 Å². The lowest BCUT2D eigenvalue weighted by atomic mass is 9.88. The second-order valence-electron chi connectivity index (χ2n) is 10.5. The van der Waals surface area contributed by atoms with Crippen LogP contribution in [0.4, 0.5) is 11.6 Å². The summed E-state index contributed by atoms with van der Waals surface area (Å²) in [4.78, 5) is 13.4. The van der Waals surface area contributed by atoms with Crippen LogP contribution in [-0.4, -0.2) is 20.7 Å². The highest BCUT2D eigenvalue weighted by Gasteiger charge is 2.27. The Morgan fingerprint density at radius 2 is 1.79 bits per heavy atom. The van der Waals surface area contributed by atoms with Crippen molar-refractivity contribution in [2.24, 2.45) is 11.8 Å². The van der Waals surface area contributed by atoms with Crippen molar-refractivity contribution < 1.29 is 0 Å². The molecule has 1 fully saturated rings. The van der Waals surface area contributed by atoms with Crippen molar-refractivity contribution in [1.29, 1.82) is 0 Å². The Balaban J connectivity index is 0.00000205. The lowest BCUT2D eigenvalue weighted by molar-refractivity contribution is 0.384. The molecule has 6 nitrogen and oxygen atoms in total. The number of hydrogen-bond acceptors (Lipinski definition) is 7. The van der Waals surface area contributed by atoms with E-state index in [9.17, 15) is 0 Å². The number of benzene rings is 1. The maximum atomic E-state index is 6.86. The van der Waals surface area contributed by atoms with Crippen LogP contribution in [0, 0.1) is 11.8 Å². The number of nitrogen functional groups attached to an aromatic ring is 1. The van der Waals surface area contributed by atoms with Crippen LogP contribution in [0.5, 0.6) is 0 Å². The van der Waals surface area contributed by atoms with Gasteiger partial charge in [0.2, 0.25) is 5.95 Å². The fourth-order valence-corrected chi connectivity index (χ4v) is 5.88. The Morgan fingerprint density at radius 3 is 2.49 bits per heavy atom. The lowest BCUT2D eigenvalue weighted by Crippen LogP contribution is -2.26. The van der Waals surface area contributed by atoms with Gasteiger partial charge in [-0.2, -0.15) is 17.6 Å². The Kier molecular flexibility index (Phi) is 12.4. The molecule has 4 N–H and O–H groups in total. The summed E-state index contributed by atoms with van der Waals surface area (Å²) in [6.45, 7) is 14.7. The van der Waals surface area contributed by atoms with Gasteiger partial charge in [0.05, 0.1) is 6.04 Å². The molecule has 4 rings (SSSR count). The highest BCUT2D eigenvalue weighted by Crippen LogP contribution is 2.39. The smallest absolute Gasteiger partial charge is 0.230 e. The van der Waals surface area contributed by atoms with Crippen LogP contribution in [0.25, 0.3) is 11.4 Å². The molecule has 0 bridgehead atoms. The highest BCUT2D eigenvalue weighted by atomic mass is 32.1. The van der Waals surface area contributed by atoms with E-state index in [4.69, 9.17) is 5.73 Å². The summed E-state index contributed by atoms with van der Waals surface area (Å²) in [6.07, 6.45) is 17.5. The molecule has 7 heteroatoms. The molecule has 0 spiro atoms. The summed E-state index contributed by atoms with van der Waals surface area (Å²) >= 11 is 4.26. The predicted octanol–water partition coefficient (Wildman–Crippen LogP) is 8.04. The summed E-state index contributed by atoms with van der Waals surface area (Å²) in [7, 11) is 0. The van der Waals surface area contributed by atoms with E-state index in [0.29, 0.717) is 29.4 Å². The number of nitrogens with two attached hydrogens (primary N) is 1. The number of rotatable bonds is 8. The maximum absolute atomic E-state index is 6.86. The second kappa shape index (κ2) is 15.7. The number of allylic oxidation sites excluding steroid dienone is 2. The van der Waals surface area contributed by atoms with E-state index >= 15 is 0 Å². The van der Waals surface area contributed by atoms with E-state index in [0.717, 1.165) is 36.2 Å². The van der Waals surface area contributed by atoms with Crippen LogP contribution in [0.3, 0.4) is 0 Å². The zero-order valence-electron chi connectivity index (χ0n) is 24.2. The number of thiol groups is 1. The second-order valence-corrected chi connectivity index (χ2v) is 10.9. The SMILES string of the molecule is C=C/C(=C\CS)Nc1ncnc(-c2ccc3c(c2N)CC(C)CCC3NC(=C)C2CCCCCCC2)n1.CC. The Hall–Kier alpha value is -2.80. The average molecular weight is 549 g/mol. The van der Waals surface area contributed by atoms with Gasteiger partial charge in [-0.1, -0.05) is 78.2 Å². The number of anilines is 2. The van der Waals surface area contributed by atoms with E-state index < -0.39 is 0 Å². The van der Waals surface area contributed by atoms with Gasteiger partial charge in [-0.15, -0.1) is 0 Å². The fourth-order valence-electron chi connectivity index (χ4n) is 5.68. The van der Waals surface area contributed by atoms with Crippen LogP contribution >= 0.6 is 12.6 Å². The number of nitrogens with zero attached hydrogens (tertiary/aromatic N) is 3. The molecule has 0 saturated heterocycles. The average Bonchev–Trinajstić information content (AvgIpc) is 3.08. The molecule has 1 aromatic carbocycles. The van der Waals surface area contributed by atoms with E-state index in [2.05, 4.69) is 70.4 Å². The highest BCUT2D eigenvalue weighted by molar-refractivity contribution is 7.80. The molecule has 1 saturated carbocycles. The van der Waals surface area contributed by atoms with E-state index in [1.54, 1.807) is 6.08 Å². The topological polar surface area (TPSA) is 88.8 Å². The van der Waals surface area contributed by atoms with Crippen molar-refractivity contribution in [2.75, 3.05) is 16.8 Å². The maximum Gasteiger partial charge on any atom is 0.230 e. The molecule has 2 aliphatic carbocycles. The number of aromatic nitrogens is 3. The van der Waals surface area contributed by atoms with Gasteiger partial charge in [-0.3, -0.25) is 0 Å². The molecule has 2 atom stereocenters. The van der Waals surface area contributed by atoms with Crippen LogP contribution in [0.2, 0.25) is 0 Å². The Bertz CT molecular complexity index is 1120. The minimum Gasteiger partial charge on any atom is -0.398 e. The first-order valence-corrected chi connectivity index (χ1v) is 15.4. The van der Waals surface area contributed by atoms with Gasteiger partial charge in [-0.25, -0.2) is 9.97 Å². The summed E-state index contributed by atoms with van der Waals surface area (Å²) in [6, 6.07) is 4.51. The van der Waals surface area contributed by atoms with Crippen LogP contribution in [0.1, 0.15) is 95.7 Å². The zero-order chi connectivity index (χ0) is 28.2. The predicted molar refractivity (Wildman–Crippen MR) is 170 cm³/mol. The van der Waals surface area contributed by atoms with Gasteiger partial charge in [0.25, 0.3) is 0 Å². The number of nitrogens with one attached hydrogen (secondary N) is 2. The first-order valence-electron chi connectivity index (χ1n) is 14.8. The lowest BCUT2D eigenvalue weighted by Gasteiger charge is -2.28. The van der Waals surface area contributed by atoms with Gasteiger partial charge >= 0.3 is 0 Å². The molecule has 1 heterocycles. The third-order valence-corrected chi connectivity index (χ3v) is 8.01. The van der Waals surface area contributed by atoms with Gasteiger partial charge in [-0.05, 0) is 67.2 Å². The molecule has 2 aromatic rings. The first kappa shape index (κ1) is 30.7. The zero-order valence-corrected chi connectivity index (χ0v) is 25.1. The molecular formula is C32H48N6S. The molecule has 39 heavy (non-hydrogen) atoms. The van der Waals surface area contributed by atoms with Gasteiger partial charge < -0.3 is 16.4 Å². The first-order chi connectivity index (χ1) is 19.0. The molecule has 2 aliphatic rings. The third kappa shape index (κ3) is 8.34. The summed E-state index contributed by atoms with van der Waals surface area (Å²) < 4.78 is 0. The fraction of sp³-hybridized carbons (Fsp3) is 0.531. The summed E-state index contributed by atoms with van der Waals surface area (Å²) in [5.74, 6) is 2.72. The van der Waals surface area contributed by atoms with Crippen LogP contribution in [0.15, 0.2) is 55.2 Å². The number of fused-ring (bicyclic) bond motifs is 1. The summed E-state index contributed by atoms with van der Waals surface area (Å²) in [5, 5.41) is 7.04. The largest absolute Gasteiger partial charge is 0.398 e. The number of hydrogen-bond donors (Lipinski definition) is 4. The molecule has 0 radical (unpaired) electrons. The van der Waals surface area contributed by atoms with Crippen molar-refractivity contribution >= 4 is 24.3 Å².